The molecule has 0 spiro atoms. The normalized spacial score (nSPS) is 11.2. The number of carbonyl (C=O) groups is 1. The molecular formula is C15H14N4O3S. The fourth-order valence-corrected chi connectivity index (χ4v) is 2.97. The standard InChI is InChI=1S/C15H14N4O3S/c1-10-5-3-4-6-12(10)14-17-15-19(18-14)8-11(23-15)7-13(20)22-9-16-21-2/h3-6,8-9H,7H2,1-2H3/b16-9+. The number of thiazole rings is 1. The van der Waals surface area contributed by atoms with Crippen LogP contribution in [-0.2, 0) is 20.8 Å². The quantitative estimate of drug-likeness (QED) is 0.311. The molecular weight excluding hydrogens is 316 g/mol. The molecule has 2 heterocycles. The zero-order chi connectivity index (χ0) is 16.2. The summed E-state index contributed by atoms with van der Waals surface area (Å²) >= 11 is 1.40. The Kier molecular flexibility index (Phi) is 4.33. The van der Waals surface area contributed by atoms with Gasteiger partial charge in [-0.25, -0.2) is 4.52 Å². The second-order valence-electron chi connectivity index (χ2n) is 4.73. The number of fused-ring (bicyclic) bond motifs is 1. The summed E-state index contributed by atoms with van der Waals surface area (Å²) in [6.07, 6.45) is 2.88. The third-order valence-corrected chi connectivity index (χ3v) is 4.10. The van der Waals surface area contributed by atoms with Crippen molar-refractivity contribution in [3.8, 4) is 11.4 Å². The van der Waals surface area contributed by atoms with Crippen LogP contribution < -0.4 is 0 Å². The van der Waals surface area contributed by atoms with E-state index in [9.17, 15) is 4.79 Å². The number of nitrogens with zero attached hydrogens (tertiary/aromatic N) is 4. The van der Waals surface area contributed by atoms with Gasteiger partial charge in [0.25, 0.3) is 0 Å². The molecule has 0 saturated heterocycles. The SMILES string of the molecule is CO/N=C/OC(=O)Cc1cn2nc(-c3ccccc3C)nc2s1. The van der Waals surface area contributed by atoms with Crippen molar-refractivity contribution in [2.75, 3.05) is 7.11 Å². The smallest absolute Gasteiger partial charge is 0.317 e. The lowest BCUT2D eigenvalue weighted by atomic mass is 10.1. The highest BCUT2D eigenvalue weighted by Gasteiger charge is 2.13. The largest absolute Gasteiger partial charge is 0.411 e. The molecule has 0 aliphatic rings. The van der Waals surface area contributed by atoms with Crippen LogP contribution in [0.2, 0.25) is 0 Å². The summed E-state index contributed by atoms with van der Waals surface area (Å²) in [7, 11) is 1.37. The van der Waals surface area contributed by atoms with Crippen LogP contribution in [0.15, 0.2) is 35.6 Å². The summed E-state index contributed by atoms with van der Waals surface area (Å²) < 4.78 is 6.45. The van der Waals surface area contributed by atoms with Gasteiger partial charge in [0, 0.05) is 16.6 Å². The molecule has 0 N–H and O–H groups in total. The van der Waals surface area contributed by atoms with Gasteiger partial charge in [0.1, 0.15) is 7.11 Å². The number of esters is 1. The third kappa shape index (κ3) is 3.37. The Bertz CT molecular complexity index is 837. The molecule has 0 saturated carbocycles. The van der Waals surface area contributed by atoms with Crippen molar-refractivity contribution in [3.05, 3.63) is 40.9 Å². The first-order valence-corrected chi connectivity index (χ1v) is 7.64. The van der Waals surface area contributed by atoms with Gasteiger partial charge >= 0.3 is 5.97 Å². The third-order valence-electron chi connectivity index (χ3n) is 3.13. The zero-order valence-corrected chi connectivity index (χ0v) is 13.4. The van der Waals surface area contributed by atoms with Crippen LogP contribution in [0.3, 0.4) is 0 Å². The first kappa shape index (κ1) is 15.2. The number of rotatable bonds is 5. The number of hydrogen-bond acceptors (Lipinski definition) is 7. The van der Waals surface area contributed by atoms with Crippen molar-refractivity contribution in [3.63, 3.8) is 0 Å². The second kappa shape index (κ2) is 6.57. The van der Waals surface area contributed by atoms with E-state index in [1.807, 2.05) is 31.2 Å². The van der Waals surface area contributed by atoms with Crippen LogP contribution >= 0.6 is 11.3 Å². The molecule has 1 aromatic carbocycles. The van der Waals surface area contributed by atoms with E-state index in [2.05, 4.69) is 20.1 Å². The first-order valence-electron chi connectivity index (χ1n) is 6.83. The molecule has 0 radical (unpaired) electrons. The molecule has 0 bridgehead atoms. The number of hydrogen-bond donors (Lipinski definition) is 0. The number of ether oxygens (including phenoxy) is 1. The number of aryl methyl sites for hydroxylation is 1. The van der Waals surface area contributed by atoms with Gasteiger partial charge in [0.05, 0.1) is 6.42 Å². The number of benzene rings is 1. The summed E-state index contributed by atoms with van der Waals surface area (Å²) in [6, 6.07) is 7.95. The van der Waals surface area contributed by atoms with E-state index in [-0.39, 0.29) is 6.42 Å². The zero-order valence-electron chi connectivity index (χ0n) is 12.6. The van der Waals surface area contributed by atoms with E-state index in [1.165, 1.54) is 18.4 Å². The van der Waals surface area contributed by atoms with Gasteiger partial charge in [0.2, 0.25) is 11.4 Å². The van der Waals surface area contributed by atoms with Gasteiger partial charge in [-0.3, -0.25) is 4.79 Å². The van der Waals surface area contributed by atoms with Crippen LogP contribution in [0.25, 0.3) is 16.3 Å². The van der Waals surface area contributed by atoms with E-state index in [0.29, 0.717) is 5.82 Å². The van der Waals surface area contributed by atoms with Gasteiger partial charge in [-0.1, -0.05) is 40.8 Å². The molecule has 3 aromatic rings. The topological polar surface area (TPSA) is 78.1 Å². The Balaban J connectivity index is 1.77. The van der Waals surface area contributed by atoms with Crippen molar-refractivity contribution in [2.45, 2.75) is 13.3 Å². The van der Waals surface area contributed by atoms with Gasteiger partial charge in [-0.2, -0.15) is 4.98 Å². The van der Waals surface area contributed by atoms with Gasteiger partial charge in [-0.15, -0.1) is 5.10 Å². The monoisotopic (exact) mass is 330 g/mol. The Morgan fingerprint density at radius 2 is 2.26 bits per heavy atom. The van der Waals surface area contributed by atoms with Crippen LogP contribution in [0.5, 0.6) is 0 Å². The molecule has 3 rings (SSSR count). The highest BCUT2D eigenvalue weighted by atomic mass is 32.1. The highest BCUT2D eigenvalue weighted by Crippen LogP contribution is 2.23. The lowest BCUT2D eigenvalue weighted by Gasteiger charge is -1.99. The minimum Gasteiger partial charge on any atom is -0.411 e. The molecule has 2 aromatic heterocycles. The van der Waals surface area contributed by atoms with Crippen molar-refractivity contribution in [1.82, 2.24) is 14.6 Å². The van der Waals surface area contributed by atoms with Gasteiger partial charge in [-0.05, 0) is 12.5 Å². The van der Waals surface area contributed by atoms with E-state index in [1.54, 1.807) is 10.7 Å². The molecule has 0 unspecified atom stereocenters. The fourth-order valence-electron chi connectivity index (χ4n) is 2.07. The second-order valence-corrected chi connectivity index (χ2v) is 5.83. The predicted octanol–water partition coefficient (Wildman–Crippen LogP) is 2.44. The molecule has 0 amide bonds. The van der Waals surface area contributed by atoms with Crippen LogP contribution in [0.1, 0.15) is 10.4 Å². The Hall–Kier alpha value is -2.74. The molecule has 0 aliphatic carbocycles. The Labute approximate surface area is 136 Å². The summed E-state index contributed by atoms with van der Waals surface area (Å²) in [5.41, 5.74) is 2.12. The van der Waals surface area contributed by atoms with Crippen LogP contribution in [-0.4, -0.2) is 34.1 Å². The van der Waals surface area contributed by atoms with Gasteiger partial charge in [0.15, 0.2) is 5.82 Å². The summed E-state index contributed by atoms with van der Waals surface area (Å²) in [5.74, 6) is 0.255. The molecule has 118 valence electrons. The maximum atomic E-state index is 11.6. The molecule has 0 fully saturated rings. The number of oxime groups is 1. The van der Waals surface area contributed by atoms with Crippen molar-refractivity contribution >= 4 is 28.7 Å². The summed E-state index contributed by atoms with van der Waals surface area (Å²) in [5, 5.41) is 7.81. The molecule has 23 heavy (non-hydrogen) atoms. The molecule has 0 aliphatic heterocycles. The number of aromatic nitrogens is 3. The average Bonchev–Trinajstić information content (AvgIpc) is 3.06. The molecule has 7 nitrogen and oxygen atoms in total. The van der Waals surface area contributed by atoms with E-state index in [4.69, 9.17) is 4.74 Å². The van der Waals surface area contributed by atoms with Crippen molar-refractivity contribution < 1.29 is 14.4 Å². The predicted molar refractivity (Wildman–Crippen MR) is 86.3 cm³/mol. The molecule has 8 heteroatoms. The number of carbonyl (C=O) groups excluding carboxylic acids is 1. The summed E-state index contributed by atoms with van der Waals surface area (Å²) in [6.45, 7) is 2.02. The lowest BCUT2D eigenvalue weighted by Crippen LogP contribution is -2.05. The van der Waals surface area contributed by atoms with E-state index in [0.717, 1.165) is 27.4 Å². The van der Waals surface area contributed by atoms with Gasteiger partial charge < -0.3 is 9.57 Å². The van der Waals surface area contributed by atoms with E-state index < -0.39 is 5.97 Å². The maximum Gasteiger partial charge on any atom is 0.317 e. The van der Waals surface area contributed by atoms with Crippen LogP contribution in [0.4, 0.5) is 0 Å². The van der Waals surface area contributed by atoms with Crippen molar-refractivity contribution in [1.29, 1.82) is 0 Å². The minimum atomic E-state index is -0.422. The first-order chi connectivity index (χ1) is 11.2. The minimum absolute atomic E-state index is 0.130. The Morgan fingerprint density at radius 1 is 1.43 bits per heavy atom. The van der Waals surface area contributed by atoms with E-state index >= 15 is 0 Å². The van der Waals surface area contributed by atoms with Crippen LogP contribution in [0, 0.1) is 6.92 Å². The highest BCUT2D eigenvalue weighted by molar-refractivity contribution is 7.17. The summed E-state index contributed by atoms with van der Waals surface area (Å²) in [4.78, 5) is 22.1. The Morgan fingerprint density at radius 3 is 3.00 bits per heavy atom. The molecule has 0 atom stereocenters. The lowest BCUT2D eigenvalue weighted by molar-refractivity contribution is -0.134. The average molecular weight is 330 g/mol. The maximum absolute atomic E-state index is 11.6. The fraction of sp³-hybridized carbons (Fsp3) is 0.200. The van der Waals surface area contributed by atoms with Crippen molar-refractivity contribution in [2.24, 2.45) is 5.16 Å².